The Morgan fingerprint density at radius 3 is 2.33 bits per heavy atom. The Hall–Kier alpha value is -1.16. The molecule has 2 aromatic rings. The van der Waals surface area contributed by atoms with Gasteiger partial charge in [0.05, 0.1) is 5.02 Å². The standard InChI is InChI=1S/C16H15Cl2F2N/c1-9(2)21-8-10-5-11(17)3-4-12(10)13-6-15(19)16(20)7-14(13)18/h3-7,9,21H,8H2,1-2H3. The maximum absolute atomic E-state index is 13.5. The molecule has 0 heterocycles. The van der Waals surface area contributed by atoms with E-state index in [0.717, 1.165) is 23.3 Å². The Balaban J connectivity index is 2.50. The van der Waals surface area contributed by atoms with Crippen LogP contribution in [0.25, 0.3) is 11.1 Å². The number of hydrogen-bond acceptors (Lipinski definition) is 1. The molecule has 0 unspecified atom stereocenters. The van der Waals surface area contributed by atoms with Crippen LogP contribution in [0.15, 0.2) is 30.3 Å². The van der Waals surface area contributed by atoms with Gasteiger partial charge in [-0.1, -0.05) is 43.1 Å². The van der Waals surface area contributed by atoms with Crippen LogP contribution in [-0.4, -0.2) is 6.04 Å². The van der Waals surface area contributed by atoms with E-state index in [1.807, 2.05) is 13.8 Å². The minimum Gasteiger partial charge on any atom is -0.310 e. The quantitative estimate of drug-likeness (QED) is 0.737. The molecule has 0 atom stereocenters. The predicted molar refractivity (Wildman–Crippen MR) is 83.8 cm³/mol. The van der Waals surface area contributed by atoms with Gasteiger partial charge in [-0.15, -0.1) is 0 Å². The Morgan fingerprint density at radius 1 is 1.00 bits per heavy atom. The Labute approximate surface area is 132 Å². The predicted octanol–water partition coefficient (Wildman–Crippen LogP) is 5.44. The highest BCUT2D eigenvalue weighted by Gasteiger charge is 2.14. The van der Waals surface area contributed by atoms with Crippen molar-refractivity contribution in [3.05, 3.63) is 57.6 Å². The molecule has 0 amide bonds. The van der Waals surface area contributed by atoms with E-state index in [2.05, 4.69) is 5.32 Å². The second-order valence-corrected chi connectivity index (χ2v) is 5.93. The molecule has 2 rings (SSSR count). The fraction of sp³-hybridized carbons (Fsp3) is 0.250. The van der Waals surface area contributed by atoms with Crippen LogP contribution >= 0.6 is 23.2 Å². The first kappa shape index (κ1) is 16.2. The fourth-order valence-electron chi connectivity index (χ4n) is 2.01. The molecule has 0 bridgehead atoms. The molecule has 2 aromatic carbocycles. The molecule has 0 aliphatic heterocycles. The first-order valence-electron chi connectivity index (χ1n) is 6.55. The molecular weight excluding hydrogens is 315 g/mol. The highest BCUT2D eigenvalue weighted by atomic mass is 35.5. The molecule has 21 heavy (non-hydrogen) atoms. The van der Waals surface area contributed by atoms with Gasteiger partial charge in [0.25, 0.3) is 0 Å². The van der Waals surface area contributed by atoms with Crippen LogP contribution in [0.1, 0.15) is 19.4 Å². The van der Waals surface area contributed by atoms with Gasteiger partial charge in [0.2, 0.25) is 0 Å². The third-order valence-corrected chi connectivity index (χ3v) is 3.62. The second-order valence-electron chi connectivity index (χ2n) is 5.08. The first-order valence-corrected chi connectivity index (χ1v) is 7.31. The fourth-order valence-corrected chi connectivity index (χ4v) is 2.46. The van der Waals surface area contributed by atoms with Crippen molar-refractivity contribution in [1.29, 1.82) is 0 Å². The van der Waals surface area contributed by atoms with Gasteiger partial charge in [-0.3, -0.25) is 0 Å². The van der Waals surface area contributed by atoms with E-state index in [-0.39, 0.29) is 11.1 Å². The third-order valence-electron chi connectivity index (χ3n) is 3.07. The van der Waals surface area contributed by atoms with E-state index in [4.69, 9.17) is 23.2 Å². The summed E-state index contributed by atoms with van der Waals surface area (Å²) in [5.74, 6) is -1.88. The smallest absolute Gasteiger partial charge is 0.160 e. The number of nitrogens with one attached hydrogen (secondary N) is 1. The Morgan fingerprint density at radius 2 is 1.67 bits per heavy atom. The Kier molecular flexibility index (Phi) is 5.20. The van der Waals surface area contributed by atoms with Gasteiger partial charge in [0.1, 0.15) is 0 Å². The first-order chi connectivity index (χ1) is 9.88. The van der Waals surface area contributed by atoms with Gasteiger partial charge >= 0.3 is 0 Å². The SMILES string of the molecule is CC(C)NCc1cc(Cl)ccc1-c1cc(F)c(F)cc1Cl. The maximum Gasteiger partial charge on any atom is 0.160 e. The molecule has 0 saturated carbocycles. The molecule has 0 spiro atoms. The lowest BCUT2D eigenvalue weighted by molar-refractivity contribution is 0.509. The van der Waals surface area contributed by atoms with Crippen LogP contribution in [0, 0.1) is 11.6 Å². The van der Waals surface area contributed by atoms with Crippen LogP contribution in [0.4, 0.5) is 8.78 Å². The normalized spacial score (nSPS) is 11.2. The van der Waals surface area contributed by atoms with E-state index >= 15 is 0 Å². The van der Waals surface area contributed by atoms with Crippen LogP contribution < -0.4 is 5.32 Å². The van der Waals surface area contributed by atoms with Crippen molar-refractivity contribution in [2.45, 2.75) is 26.4 Å². The zero-order valence-electron chi connectivity index (χ0n) is 11.7. The van der Waals surface area contributed by atoms with Crippen molar-refractivity contribution in [3.63, 3.8) is 0 Å². The van der Waals surface area contributed by atoms with Gasteiger partial charge in [-0.2, -0.15) is 0 Å². The van der Waals surface area contributed by atoms with Crippen molar-refractivity contribution in [1.82, 2.24) is 5.32 Å². The highest BCUT2D eigenvalue weighted by molar-refractivity contribution is 6.33. The molecule has 0 saturated heterocycles. The van der Waals surface area contributed by atoms with Gasteiger partial charge in [0.15, 0.2) is 11.6 Å². The largest absolute Gasteiger partial charge is 0.310 e. The zero-order chi connectivity index (χ0) is 15.6. The van der Waals surface area contributed by atoms with Crippen molar-refractivity contribution in [2.24, 2.45) is 0 Å². The Bertz CT molecular complexity index is 657. The average molecular weight is 330 g/mol. The monoisotopic (exact) mass is 329 g/mol. The average Bonchev–Trinajstić information content (AvgIpc) is 2.41. The summed E-state index contributed by atoms with van der Waals surface area (Å²) in [6.07, 6.45) is 0. The van der Waals surface area contributed by atoms with Crippen LogP contribution in [0.2, 0.25) is 10.0 Å². The van der Waals surface area contributed by atoms with Gasteiger partial charge in [-0.05, 0) is 35.4 Å². The summed E-state index contributed by atoms with van der Waals surface area (Å²) < 4.78 is 26.7. The summed E-state index contributed by atoms with van der Waals surface area (Å²) in [7, 11) is 0. The van der Waals surface area contributed by atoms with Gasteiger partial charge in [-0.25, -0.2) is 8.78 Å². The highest BCUT2D eigenvalue weighted by Crippen LogP contribution is 2.33. The lowest BCUT2D eigenvalue weighted by Crippen LogP contribution is -2.22. The summed E-state index contributed by atoms with van der Waals surface area (Å²) in [5, 5.41) is 4.03. The van der Waals surface area contributed by atoms with E-state index < -0.39 is 11.6 Å². The molecule has 0 aliphatic carbocycles. The molecule has 0 aliphatic rings. The van der Waals surface area contributed by atoms with E-state index in [1.165, 1.54) is 0 Å². The molecule has 0 fully saturated rings. The van der Waals surface area contributed by atoms with E-state index in [1.54, 1.807) is 18.2 Å². The van der Waals surface area contributed by atoms with Crippen molar-refractivity contribution in [2.75, 3.05) is 0 Å². The van der Waals surface area contributed by atoms with Gasteiger partial charge < -0.3 is 5.32 Å². The van der Waals surface area contributed by atoms with Crippen molar-refractivity contribution in [3.8, 4) is 11.1 Å². The van der Waals surface area contributed by atoms with E-state index in [9.17, 15) is 8.78 Å². The number of hydrogen-bond donors (Lipinski definition) is 1. The molecule has 5 heteroatoms. The minimum atomic E-state index is -0.959. The van der Waals surface area contributed by atoms with Crippen LogP contribution in [-0.2, 0) is 6.54 Å². The van der Waals surface area contributed by atoms with Crippen LogP contribution in [0.5, 0.6) is 0 Å². The molecule has 0 aromatic heterocycles. The third kappa shape index (κ3) is 3.94. The van der Waals surface area contributed by atoms with E-state index in [0.29, 0.717) is 17.1 Å². The summed E-state index contributed by atoms with van der Waals surface area (Å²) in [5.41, 5.74) is 2.06. The topological polar surface area (TPSA) is 12.0 Å². The van der Waals surface area contributed by atoms with Gasteiger partial charge in [0, 0.05) is 23.2 Å². The lowest BCUT2D eigenvalue weighted by Gasteiger charge is -2.14. The minimum absolute atomic E-state index is 0.169. The molecule has 1 nitrogen and oxygen atoms in total. The molecule has 0 radical (unpaired) electrons. The molecular formula is C16H15Cl2F2N. The molecule has 112 valence electrons. The zero-order valence-corrected chi connectivity index (χ0v) is 13.2. The lowest BCUT2D eigenvalue weighted by atomic mass is 9.99. The second kappa shape index (κ2) is 6.73. The summed E-state index contributed by atoms with van der Waals surface area (Å²) >= 11 is 12.1. The summed E-state index contributed by atoms with van der Waals surface area (Å²) in [4.78, 5) is 0. The number of rotatable bonds is 4. The van der Waals surface area contributed by atoms with Crippen molar-refractivity contribution < 1.29 is 8.78 Å². The number of benzene rings is 2. The number of halogens is 4. The summed E-state index contributed by atoms with van der Waals surface area (Å²) in [6, 6.07) is 7.65. The summed E-state index contributed by atoms with van der Waals surface area (Å²) in [6.45, 7) is 4.60. The van der Waals surface area contributed by atoms with Crippen molar-refractivity contribution >= 4 is 23.2 Å². The van der Waals surface area contributed by atoms with Crippen LogP contribution in [0.3, 0.4) is 0 Å². The maximum atomic E-state index is 13.5. The molecule has 1 N–H and O–H groups in total.